The Morgan fingerprint density at radius 3 is 0.685 bits per heavy atom. The van der Waals surface area contributed by atoms with Gasteiger partial charge in [0.15, 0.2) is 0 Å². The predicted octanol–water partition coefficient (Wildman–Crippen LogP) is 12.1. The molecule has 54 heavy (non-hydrogen) atoms. The maximum absolute atomic E-state index is 6.13. The predicted molar refractivity (Wildman–Crippen MR) is 213 cm³/mol. The van der Waals surface area contributed by atoms with Crippen LogP contribution in [0, 0.1) is 0 Å². The summed E-state index contributed by atoms with van der Waals surface area (Å²) in [6, 6.07) is 65.0. The van der Waals surface area contributed by atoms with Crippen LogP contribution in [0.15, 0.2) is 203 Å². The number of para-hydroxylation sites is 4. The fourth-order valence-electron chi connectivity index (χ4n) is 6.38. The van der Waals surface area contributed by atoms with Crippen molar-refractivity contribution < 1.29 is 8.83 Å². The van der Waals surface area contributed by atoms with E-state index in [-0.39, 0.29) is 0 Å². The Bertz CT molecular complexity index is 2310. The first-order valence-corrected chi connectivity index (χ1v) is 17.6. The molecule has 0 radical (unpaired) electrons. The average Bonchev–Trinajstić information content (AvgIpc) is 3.95. The van der Waals surface area contributed by atoms with Crippen molar-refractivity contribution in [1.82, 2.24) is 20.4 Å². The summed E-state index contributed by atoms with van der Waals surface area (Å²) < 4.78 is 12.3. The van der Waals surface area contributed by atoms with Gasteiger partial charge in [-0.2, -0.15) is 0 Å². The van der Waals surface area contributed by atoms with E-state index in [1.807, 2.05) is 121 Å². The lowest BCUT2D eigenvalue weighted by Gasteiger charge is -2.25. The Kier molecular flexibility index (Phi) is 8.73. The van der Waals surface area contributed by atoms with E-state index in [0.29, 0.717) is 23.6 Å². The first-order valence-electron chi connectivity index (χ1n) is 17.6. The molecule has 9 aromatic rings. The second-order valence-electron chi connectivity index (χ2n) is 12.5. The first-order chi connectivity index (χ1) is 26.8. The number of hydrogen-bond donors (Lipinski definition) is 0. The molecule has 2 aromatic heterocycles. The van der Waals surface area contributed by atoms with E-state index in [1.54, 1.807) is 0 Å². The van der Waals surface area contributed by atoms with E-state index in [2.05, 4.69) is 103 Å². The molecule has 8 nitrogen and oxygen atoms in total. The summed E-state index contributed by atoms with van der Waals surface area (Å²) in [4.78, 5) is 4.42. The number of benzene rings is 7. The van der Waals surface area contributed by atoms with Crippen LogP contribution >= 0.6 is 0 Å². The third-order valence-corrected chi connectivity index (χ3v) is 9.03. The van der Waals surface area contributed by atoms with Crippen molar-refractivity contribution in [2.45, 2.75) is 0 Å². The second kappa shape index (κ2) is 14.6. The Morgan fingerprint density at radius 2 is 0.444 bits per heavy atom. The summed E-state index contributed by atoms with van der Waals surface area (Å²) in [5, 5.41) is 17.4. The molecular formula is C46H32N6O2. The van der Waals surface area contributed by atoms with Crippen LogP contribution in [0.4, 0.5) is 34.1 Å². The van der Waals surface area contributed by atoms with Crippen molar-refractivity contribution in [2.75, 3.05) is 9.80 Å². The minimum absolute atomic E-state index is 0.419. The van der Waals surface area contributed by atoms with Gasteiger partial charge >= 0.3 is 0 Å². The van der Waals surface area contributed by atoms with E-state index in [1.165, 1.54) is 0 Å². The topological polar surface area (TPSA) is 84.3 Å². The third kappa shape index (κ3) is 6.63. The monoisotopic (exact) mass is 700 g/mol. The zero-order valence-corrected chi connectivity index (χ0v) is 29.0. The highest BCUT2D eigenvalue weighted by atomic mass is 16.4. The van der Waals surface area contributed by atoms with E-state index in [9.17, 15) is 0 Å². The summed E-state index contributed by atoms with van der Waals surface area (Å²) in [5.41, 5.74) is 9.54. The molecule has 0 saturated heterocycles. The van der Waals surface area contributed by atoms with Crippen LogP contribution in [0.3, 0.4) is 0 Å². The Morgan fingerprint density at radius 1 is 0.241 bits per heavy atom. The largest absolute Gasteiger partial charge is 0.416 e. The van der Waals surface area contributed by atoms with Crippen LogP contribution < -0.4 is 9.80 Å². The number of rotatable bonds is 10. The molecule has 0 aliphatic heterocycles. The van der Waals surface area contributed by atoms with Gasteiger partial charge in [-0.3, -0.25) is 0 Å². The van der Waals surface area contributed by atoms with Gasteiger partial charge in [0, 0.05) is 56.4 Å². The van der Waals surface area contributed by atoms with Crippen molar-refractivity contribution in [3.63, 3.8) is 0 Å². The van der Waals surface area contributed by atoms with Crippen molar-refractivity contribution in [3.05, 3.63) is 194 Å². The van der Waals surface area contributed by atoms with Gasteiger partial charge in [-0.25, -0.2) is 0 Å². The standard InChI is InChI=1S/C46H32N6O2/c1-5-13-37(14-6-1)51(38-15-7-2-8-16-38)41-29-25-35(26-30-41)45-49-47-43(53-45)33-21-23-34(24-22-33)44-48-50-46(54-44)36-27-31-42(32-28-36)52(39-17-9-3-10-18-39)40-19-11-4-12-20-40/h1-32H. The lowest BCUT2D eigenvalue weighted by Crippen LogP contribution is -2.09. The molecule has 2 heterocycles. The van der Waals surface area contributed by atoms with Crippen LogP contribution in [0.5, 0.6) is 0 Å². The van der Waals surface area contributed by atoms with Gasteiger partial charge in [0.1, 0.15) is 0 Å². The molecular weight excluding hydrogens is 669 g/mol. The summed E-state index contributed by atoms with van der Waals surface area (Å²) in [5.74, 6) is 1.72. The van der Waals surface area contributed by atoms with Crippen LogP contribution in [0.1, 0.15) is 0 Å². The van der Waals surface area contributed by atoms with E-state index < -0.39 is 0 Å². The van der Waals surface area contributed by atoms with Gasteiger partial charge in [0.25, 0.3) is 0 Å². The lowest BCUT2D eigenvalue weighted by atomic mass is 10.1. The molecule has 9 rings (SSSR count). The minimum Gasteiger partial charge on any atom is -0.416 e. The average molecular weight is 701 g/mol. The summed E-state index contributed by atoms with van der Waals surface area (Å²) in [7, 11) is 0. The molecule has 0 spiro atoms. The number of anilines is 6. The molecule has 8 heteroatoms. The lowest BCUT2D eigenvalue weighted by molar-refractivity contribution is 0.582. The highest BCUT2D eigenvalue weighted by Crippen LogP contribution is 2.37. The van der Waals surface area contributed by atoms with Crippen LogP contribution in [0.2, 0.25) is 0 Å². The fourth-order valence-corrected chi connectivity index (χ4v) is 6.38. The molecule has 0 N–H and O–H groups in total. The molecule has 258 valence electrons. The van der Waals surface area contributed by atoms with Gasteiger partial charge in [-0.05, 0) is 121 Å². The molecule has 0 aliphatic carbocycles. The smallest absolute Gasteiger partial charge is 0.248 e. The SMILES string of the molecule is c1ccc(N(c2ccccc2)c2ccc(-c3nnc(-c4ccc(-c5nnc(-c6ccc(N(c7ccccc7)c7ccccc7)cc6)o5)cc4)o3)cc2)cc1. The van der Waals surface area contributed by atoms with Crippen molar-refractivity contribution >= 4 is 34.1 Å². The molecule has 0 unspecified atom stereocenters. The molecule has 0 aliphatic rings. The van der Waals surface area contributed by atoms with E-state index in [4.69, 9.17) is 8.83 Å². The van der Waals surface area contributed by atoms with Crippen molar-refractivity contribution in [3.8, 4) is 45.8 Å². The summed E-state index contributed by atoms with van der Waals surface area (Å²) in [6.07, 6.45) is 0. The quantitative estimate of drug-likeness (QED) is 0.139. The van der Waals surface area contributed by atoms with E-state index >= 15 is 0 Å². The Balaban J connectivity index is 0.904. The minimum atomic E-state index is 0.419. The van der Waals surface area contributed by atoms with Gasteiger partial charge in [0.05, 0.1) is 0 Å². The van der Waals surface area contributed by atoms with Crippen molar-refractivity contribution in [2.24, 2.45) is 0 Å². The van der Waals surface area contributed by atoms with Crippen LogP contribution in [-0.2, 0) is 0 Å². The maximum Gasteiger partial charge on any atom is 0.248 e. The Labute approximate surface area is 312 Å². The molecule has 0 atom stereocenters. The van der Waals surface area contributed by atoms with Crippen LogP contribution in [0.25, 0.3) is 45.8 Å². The second-order valence-corrected chi connectivity index (χ2v) is 12.5. The van der Waals surface area contributed by atoms with Gasteiger partial charge < -0.3 is 18.6 Å². The first kappa shape index (κ1) is 32.3. The molecule has 0 fully saturated rings. The van der Waals surface area contributed by atoms with Gasteiger partial charge in [-0.1, -0.05) is 72.8 Å². The highest BCUT2D eigenvalue weighted by molar-refractivity contribution is 5.79. The van der Waals surface area contributed by atoms with Crippen molar-refractivity contribution in [1.29, 1.82) is 0 Å². The molecule has 0 amide bonds. The van der Waals surface area contributed by atoms with E-state index in [0.717, 1.165) is 56.4 Å². The Hall–Kier alpha value is -7.58. The van der Waals surface area contributed by atoms with Gasteiger partial charge in [0.2, 0.25) is 23.6 Å². The molecule has 0 saturated carbocycles. The summed E-state index contributed by atoms with van der Waals surface area (Å²) in [6.45, 7) is 0. The number of nitrogens with zero attached hydrogens (tertiary/aromatic N) is 6. The normalized spacial score (nSPS) is 11.0. The summed E-state index contributed by atoms with van der Waals surface area (Å²) >= 11 is 0. The zero-order valence-electron chi connectivity index (χ0n) is 29.0. The zero-order chi connectivity index (χ0) is 36.1. The van der Waals surface area contributed by atoms with Gasteiger partial charge in [-0.15, -0.1) is 20.4 Å². The number of hydrogen-bond acceptors (Lipinski definition) is 8. The number of aromatic nitrogens is 4. The molecule has 7 aromatic carbocycles. The third-order valence-electron chi connectivity index (χ3n) is 9.03. The highest BCUT2D eigenvalue weighted by Gasteiger charge is 2.17. The fraction of sp³-hybridized carbons (Fsp3) is 0. The molecule has 0 bridgehead atoms. The van der Waals surface area contributed by atoms with Crippen LogP contribution in [-0.4, -0.2) is 20.4 Å². The maximum atomic E-state index is 6.13.